The van der Waals surface area contributed by atoms with Gasteiger partial charge in [-0.2, -0.15) is 0 Å². The fourth-order valence-electron chi connectivity index (χ4n) is 7.68. The maximum Gasteiger partial charge on any atom is 0.254 e. The first-order valence-electron chi connectivity index (χ1n) is 15.3. The number of ether oxygens (including phenoxy) is 1. The van der Waals surface area contributed by atoms with Gasteiger partial charge in [0.05, 0.1) is 29.6 Å². The van der Waals surface area contributed by atoms with Crippen molar-refractivity contribution in [1.29, 1.82) is 0 Å². The molecule has 0 aromatic heterocycles. The molecular formula is C35H30BrCl2N3O6. The van der Waals surface area contributed by atoms with Gasteiger partial charge in [-0.1, -0.05) is 57.9 Å². The maximum absolute atomic E-state index is 14.3. The van der Waals surface area contributed by atoms with Gasteiger partial charge in [-0.15, -0.1) is 23.2 Å². The first-order chi connectivity index (χ1) is 22.6. The number of fused-ring (bicyclic) bond motifs is 4. The van der Waals surface area contributed by atoms with E-state index in [2.05, 4.69) is 21.2 Å². The minimum absolute atomic E-state index is 0.0832. The number of rotatable bonds is 8. The number of halogens is 3. The molecule has 2 heterocycles. The van der Waals surface area contributed by atoms with Gasteiger partial charge in [0.2, 0.25) is 11.8 Å². The molecule has 2 aliphatic heterocycles. The fourth-order valence-corrected chi connectivity index (χ4v) is 9.11. The molecule has 3 fully saturated rings. The number of allylic oxidation sites excluding steroid dienone is 2. The number of para-hydroxylation sites is 1. The standard InChI is InChI=1S/C35H30BrCl2N3O6/c36-19-40-32(45)34(37)18-27-25(29(35(34,38)33(40)46)20-6-12-24(13-7-20)47-17-16-42)14-15-26-28(27)31(44)41(30(26)43)23-10-8-22(9-11-23)39-21-4-2-1-3-5-21/h1-14,26-29,39,42H,15-19H2/t26-,27+,28-,29-,34+,35-/m0/s1. The summed E-state index contributed by atoms with van der Waals surface area (Å²) in [4.78, 5) is 54.5. The van der Waals surface area contributed by atoms with Crippen LogP contribution in [0.2, 0.25) is 0 Å². The Morgan fingerprint density at radius 1 is 0.872 bits per heavy atom. The number of amides is 4. The third-order valence-electron chi connectivity index (χ3n) is 9.78. The summed E-state index contributed by atoms with van der Waals surface area (Å²) in [5.74, 6) is -4.39. The van der Waals surface area contributed by atoms with Crippen LogP contribution in [0.25, 0.3) is 0 Å². The molecule has 7 rings (SSSR count). The van der Waals surface area contributed by atoms with Crippen LogP contribution in [0, 0.1) is 17.8 Å². The molecule has 0 bridgehead atoms. The van der Waals surface area contributed by atoms with Gasteiger partial charge < -0.3 is 15.2 Å². The Labute approximate surface area is 289 Å². The van der Waals surface area contributed by atoms with E-state index in [1.165, 1.54) is 4.90 Å². The molecule has 0 spiro atoms. The van der Waals surface area contributed by atoms with Crippen LogP contribution in [-0.4, -0.2) is 62.1 Å². The van der Waals surface area contributed by atoms with E-state index in [4.69, 9.17) is 33.0 Å². The van der Waals surface area contributed by atoms with Gasteiger partial charge in [-0.05, 0) is 72.9 Å². The molecule has 9 nitrogen and oxygen atoms in total. The number of aliphatic hydroxyl groups excluding tert-OH is 1. The molecule has 0 unspecified atom stereocenters. The number of carbonyl (C=O) groups is 4. The molecule has 0 radical (unpaired) electrons. The van der Waals surface area contributed by atoms with Gasteiger partial charge in [0.25, 0.3) is 11.8 Å². The Balaban J connectivity index is 1.25. The van der Waals surface area contributed by atoms with Crippen molar-refractivity contribution < 1.29 is 29.0 Å². The summed E-state index contributed by atoms with van der Waals surface area (Å²) in [5, 5.41) is 12.5. The van der Waals surface area contributed by atoms with Crippen LogP contribution in [-0.2, 0) is 19.2 Å². The highest BCUT2D eigenvalue weighted by Gasteiger charge is 2.76. The maximum atomic E-state index is 14.3. The Morgan fingerprint density at radius 2 is 1.55 bits per heavy atom. The first-order valence-corrected chi connectivity index (χ1v) is 17.2. The van der Waals surface area contributed by atoms with Gasteiger partial charge in [-0.25, -0.2) is 0 Å². The minimum Gasteiger partial charge on any atom is -0.491 e. The Morgan fingerprint density at radius 3 is 2.21 bits per heavy atom. The lowest BCUT2D eigenvalue weighted by Crippen LogP contribution is -2.60. The van der Waals surface area contributed by atoms with Crippen molar-refractivity contribution in [2.45, 2.75) is 28.5 Å². The number of alkyl halides is 3. The number of anilines is 3. The van der Waals surface area contributed by atoms with Gasteiger partial charge >= 0.3 is 0 Å². The van der Waals surface area contributed by atoms with Crippen molar-refractivity contribution in [2.24, 2.45) is 17.8 Å². The number of nitrogens with zero attached hydrogens (tertiary/aromatic N) is 2. The zero-order valence-electron chi connectivity index (χ0n) is 24.9. The number of carbonyl (C=O) groups excluding carboxylic acids is 4. The van der Waals surface area contributed by atoms with Crippen molar-refractivity contribution in [1.82, 2.24) is 4.90 Å². The Hall–Kier alpha value is -3.70. The van der Waals surface area contributed by atoms with Crippen molar-refractivity contribution in [3.63, 3.8) is 0 Å². The van der Waals surface area contributed by atoms with Gasteiger partial charge in [0, 0.05) is 17.3 Å². The van der Waals surface area contributed by atoms with Crippen molar-refractivity contribution in [2.75, 3.05) is 28.9 Å². The molecular weight excluding hydrogens is 709 g/mol. The van der Waals surface area contributed by atoms with Gasteiger partial charge in [0.15, 0.2) is 9.75 Å². The third kappa shape index (κ3) is 4.83. The molecule has 2 N–H and O–H groups in total. The normalized spacial score (nSPS) is 29.7. The zero-order valence-corrected chi connectivity index (χ0v) is 28.0. The molecule has 47 heavy (non-hydrogen) atoms. The first kappa shape index (κ1) is 31.9. The summed E-state index contributed by atoms with van der Waals surface area (Å²) < 4.78 is 5.53. The van der Waals surface area contributed by atoms with Crippen molar-refractivity contribution in [3.05, 3.63) is 96.1 Å². The third-order valence-corrected chi connectivity index (χ3v) is 11.7. The van der Waals surface area contributed by atoms with E-state index in [0.29, 0.717) is 22.6 Å². The number of imide groups is 2. The van der Waals surface area contributed by atoms with Crippen molar-refractivity contribution >= 4 is 79.8 Å². The van der Waals surface area contributed by atoms with E-state index in [0.717, 1.165) is 16.3 Å². The second-order valence-electron chi connectivity index (χ2n) is 12.2. The highest BCUT2D eigenvalue weighted by atomic mass is 79.9. The van der Waals surface area contributed by atoms with Crippen LogP contribution in [0.5, 0.6) is 5.75 Å². The molecule has 2 aliphatic carbocycles. The number of nitrogens with one attached hydrogen (secondary N) is 1. The number of likely N-dealkylation sites (tertiary alicyclic amines) is 1. The van der Waals surface area contributed by atoms with E-state index >= 15 is 0 Å². The predicted molar refractivity (Wildman–Crippen MR) is 181 cm³/mol. The number of hydrogen-bond donors (Lipinski definition) is 2. The summed E-state index contributed by atoms with van der Waals surface area (Å²) >= 11 is 17.8. The molecule has 1 saturated carbocycles. The van der Waals surface area contributed by atoms with Crippen LogP contribution in [0.1, 0.15) is 24.3 Å². The van der Waals surface area contributed by atoms with E-state index in [9.17, 15) is 19.2 Å². The molecule has 4 amide bonds. The second-order valence-corrected chi connectivity index (χ2v) is 13.9. The monoisotopic (exact) mass is 737 g/mol. The second kappa shape index (κ2) is 12.1. The van der Waals surface area contributed by atoms with Crippen molar-refractivity contribution in [3.8, 4) is 5.75 Å². The topological polar surface area (TPSA) is 116 Å². The van der Waals surface area contributed by atoms with E-state index in [-0.39, 0.29) is 43.3 Å². The average molecular weight is 739 g/mol. The highest BCUT2D eigenvalue weighted by molar-refractivity contribution is 9.09. The summed E-state index contributed by atoms with van der Waals surface area (Å²) in [7, 11) is 0. The quantitative estimate of drug-likeness (QED) is 0.132. The summed E-state index contributed by atoms with van der Waals surface area (Å²) in [6.45, 7) is -0.0477. The van der Waals surface area contributed by atoms with Crippen LogP contribution in [0.15, 0.2) is 90.5 Å². The van der Waals surface area contributed by atoms with Gasteiger partial charge in [-0.3, -0.25) is 29.0 Å². The summed E-state index contributed by atoms with van der Waals surface area (Å²) in [5.41, 5.74) is 3.38. The molecule has 3 aromatic carbocycles. The molecule has 242 valence electrons. The number of aliphatic hydroxyl groups is 1. The van der Waals surface area contributed by atoms with Crippen LogP contribution in [0.3, 0.4) is 0 Å². The lowest BCUT2D eigenvalue weighted by Gasteiger charge is -2.50. The zero-order chi connectivity index (χ0) is 33.1. The average Bonchev–Trinajstić information content (AvgIpc) is 3.42. The molecule has 2 saturated heterocycles. The lowest BCUT2D eigenvalue weighted by molar-refractivity contribution is -0.138. The van der Waals surface area contributed by atoms with Crippen LogP contribution >= 0.6 is 39.1 Å². The SMILES string of the molecule is O=C1[C@H]2[C@H](CC=C3[C@H]2C[C@@]2(Cl)C(=O)N(CBr)C(=O)[C@@]2(Cl)[C@H]3c2ccc(OCCO)cc2)C(=O)N1c1ccc(Nc2ccccc2)cc1. The van der Waals surface area contributed by atoms with E-state index in [1.807, 2.05) is 48.5 Å². The number of benzene rings is 3. The number of hydrogen-bond acceptors (Lipinski definition) is 7. The smallest absolute Gasteiger partial charge is 0.254 e. The highest BCUT2D eigenvalue weighted by Crippen LogP contribution is 2.65. The Kier molecular flexibility index (Phi) is 8.19. The van der Waals surface area contributed by atoms with Gasteiger partial charge in [0.1, 0.15) is 12.4 Å². The summed E-state index contributed by atoms with van der Waals surface area (Å²) in [6.07, 6.45) is 2.09. The van der Waals surface area contributed by atoms with E-state index < -0.39 is 45.2 Å². The Bertz CT molecular complexity index is 1790. The molecule has 6 atom stereocenters. The van der Waals surface area contributed by atoms with E-state index in [1.54, 1.807) is 36.4 Å². The predicted octanol–water partition coefficient (Wildman–Crippen LogP) is 5.72. The van der Waals surface area contributed by atoms with Crippen LogP contribution in [0.4, 0.5) is 17.1 Å². The lowest BCUT2D eigenvalue weighted by atomic mass is 9.56. The molecule has 4 aliphatic rings. The minimum atomic E-state index is -1.88. The summed E-state index contributed by atoms with van der Waals surface area (Å²) in [6, 6.07) is 23.6. The fraction of sp³-hybridized carbons (Fsp3) is 0.314. The van der Waals surface area contributed by atoms with Crippen LogP contribution < -0.4 is 15.0 Å². The molecule has 3 aromatic rings. The molecule has 12 heteroatoms. The largest absolute Gasteiger partial charge is 0.491 e.